The Kier molecular flexibility index (Phi) is 8.39. The van der Waals surface area contributed by atoms with E-state index < -0.39 is 18.3 Å². The van der Waals surface area contributed by atoms with Crippen molar-refractivity contribution >= 4 is 0 Å². The number of rotatable bonds is 9. The average molecular weight is 344 g/mol. The molecular weight excluding hydrogens is 312 g/mol. The van der Waals surface area contributed by atoms with Gasteiger partial charge >= 0.3 is 0 Å². The monoisotopic (exact) mass is 344 g/mol. The summed E-state index contributed by atoms with van der Waals surface area (Å²) in [5.41, 5.74) is 1.21. The first-order valence-electron chi connectivity index (χ1n) is 9.53. The molecule has 1 saturated carbocycles. The van der Waals surface area contributed by atoms with Crippen LogP contribution in [0, 0.1) is 11.8 Å². The minimum absolute atomic E-state index is 0.0284. The molecule has 1 fully saturated rings. The number of unbranched alkanes of at least 4 members (excludes halogenated alkanes) is 1. The Hall–Kier alpha value is -1.42. The SMILES string of the molecule is CCC/C=C/C[C@@H]1[C@@H](/C=C/[C@@H](O)CCc2ccccc2)[C@H](O)C[C@@H]1O. The molecule has 5 atom stereocenters. The van der Waals surface area contributed by atoms with Gasteiger partial charge in [0.05, 0.1) is 18.3 Å². The zero-order chi connectivity index (χ0) is 18.1. The van der Waals surface area contributed by atoms with Crippen molar-refractivity contribution in [1.82, 2.24) is 0 Å². The highest BCUT2D eigenvalue weighted by molar-refractivity contribution is 5.15. The molecule has 1 aliphatic rings. The van der Waals surface area contributed by atoms with Crippen molar-refractivity contribution in [1.29, 1.82) is 0 Å². The largest absolute Gasteiger partial charge is 0.393 e. The Morgan fingerprint density at radius 3 is 2.60 bits per heavy atom. The predicted molar refractivity (Wildman–Crippen MR) is 102 cm³/mol. The molecule has 0 saturated heterocycles. The van der Waals surface area contributed by atoms with Crippen LogP contribution < -0.4 is 0 Å². The van der Waals surface area contributed by atoms with Crippen LogP contribution in [0.2, 0.25) is 0 Å². The van der Waals surface area contributed by atoms with Gasteiger partial charge in [-0.3, -0.25) is 0 Å². The number of hydrogen-bond acceptors (Lipinski definition) is 3. The summed E-state index contributed by atoms with van der Waals surface area (Å²) in [5.74, 6) is -0.0617. The zero-order valence-corrected chi connectivity index (χ0v) is 15.2. The van der Waals surface area contributed by atoms with E-state index in [1.807, 2.05) is 24.3 Å². The van der Waals surface area contributed by atoms with Crippen molar-refractivity contribution in [2.45, 2.75) is 63.8 Å². The Morgan fingerprint density at radius 1 is 1.12 bits per heavy atom. The fourth-order valence-corrected chi connectivity index (χ4v) is 3.56. The molecule has 0 heterocycles. The fraction of sp³-hybridized carbons (Fsp3) is 0.545. The molecule has 3 N–H and O–H groups in total. The third-order valence-electron chi connectivity index (χ3n) is 5.07. The van der Waals surface area contributed by atoms with Crippen molar-refractivity contribution in [3.8, 4) is 0 Å². The maximum absolute atomic E-state index is 10.2. The van der Waals surface area contributed by atoms with E-state index in [1.165, 1.54) is 5.56 Å². The van der Waals surface area contributed by atoms with Gasteiger partial charge in [0.2, 0.25) is 0 Å². The van der Waals surface area contributed by atoms with Crippen molar-refractivity contribution in [3.63, 3.8) is 0 Å². The Balaban J connectivity index is 1.87. The lowest BCUT2D eigenvalue weighted by molar-refractivity contribution is 0.120. The van der Waals surface area contributed by atoms with Gasteiger partial charge in [-0.2, -0.15) is 0 Å². The second-order valence-corrected chi connectivity index (χ2v) is 7.08. The van der Waals surface area contributed by atoms with Crippen LogP contribution in [-0.4, -0.2) is 33.6 Å². The minimum atomic E-state index is -0.530. The Labute approximate surface area is 151 Å². The number of allylic oxidation sites excluding steroid dienone is 2. The predicted octanol–water partition coefficient (Wildman–Crippen LogP) is 3.64. The molecule has 1 aliphatic carbocycles. The Bertz CT molecular complexity index is 537. The average Bonchev–Trinajstić information content (AvgIpc) is 2.89. The molecule has 0 unspecified atom stereocenters. The fourth-order valence-electron chi connectivity index (χ4n) is 3.56. The molecular formula is C22H32O3. The lowest BCUT2D eigenvalue weighted by Gasteiger charge is -2.19. The second-order valence-electron chi connectivity index (χ2n) is 7.08. The maximum Gasteiger partial charge on any atom is 0.0724 e. The molecule has 0 spiro atoms. The molecule has 3 nitrogen and oxygen atoms in total. The van der Waals surface area contributed by atoms with Crippen LogP contribution in [0.3, 0.4) is 0 Å². The number of benzene rings is 1. The standard InChI is InChI=1S/C22H32O3/c1-2-3-4-8-11-19-20(22(25)16-21(19)24)15-14-18(23)13-12-17-9-6-5-7-10-17/h4-10,14-15,18-25H,2-3,11-13,16H2,1H3/b8-4+,15-14+/t18-,19+,20+,21-,22+/m0/s1. The van der Waals surface area contributed by atoms with Gasteiger partial charge in [-0.15, -0.1) is 0 Å². The lowest BCUT2D eigenvalue weighted by Crippen LogP contribution is -2.20. The minimum Gasteiger partial charge on any atom is -0.393 e. The van der Waals surface area contributed by atoms with Crippen molar-refractivity contribution < 1.29 is 15.3 Å². The molecule has 0 radical (unpaired) electrons. The molecule has 3 heteroatoms. The molecule has 138 valence electrons. The highest BCUT2D eigenvalue weighted by Crippen LogP contribution is 2.36. The van der Waals surface area contributed by atoms with Crippen LogP contribution in [0.4, 0.5) is 0 Å². The first-order valence-corrected chi connectivity index (χ1v) is 9.53. The quantitative estimate of drug-likeness (QED) is 0.599. The van der Waals surface area contributed by atoms with Crippen LogP contribution >= 0.6 is 0 Å². The van der Waals surface area contributed by atoms with Gasteiger partial charge in [-0.25, -0.2) is 0 Å². The first kappa shape index (κ1) is 19.9. The topological polar surface area (TPSA) is 60.7 Å². The molecule has 25 heavy (non-hydrogen) atoms. The molecule has 0 amide bonds. The van der Waals surface area contributed by atoms with Gasteiger partial charge in [-0.05, 0) is 37.2 Å². The van der Waals surface area contributed by atoms with Gasteiger partial charge < -0.3 is 15.3 Å². The van der Waals surface area contributed by atoms with E-state index in [9.17, 15) is 15.3 Å². The number of aryl methyl sites for hydroxylation is 1. The van der Waals surface area contributed by atoms with Gasteiger partial charge in [0.25, 0.3) is 0 Å². The van der Waals surface area contributed by atoms with E-state index in [1.54, 1.807) is 6.08 Å². The van der Waals surface area contributed by atoms with Gasteiger partial charge in [0, 0.05) is 12.3 Å². The van der Waals surface area contributed by atoms with Crippen LogP contribution in [-0.2, 0) is 6.42 Å². The summed E-state index contributed by atoms with van der Waals surface area (Å²) in [5, 5.41) is 30.7. The van der Waals surface area contributed by atoms with E-state index >= 15 is 0 Å². The number of aliphatic hydroxyl groups excluding tert-OH is 3. The number of aliphatic hydroxyl groups is 3. The molecule has 2 rings (SSSR count). The highest BCUT2D eigenvalue weighted by Gasteiger charge is 2.39. The van der Waals surface area contributed by atoms with Crippen LogP contribution in [0.25, 0.3) is 0 Å². The molecule has 0 aliphatic heterocycles. The number of hydrogen-bond donors (Lipinski definition) is 3. The molecule has 0 bridgehead atoms. The van der Waals surface area contributed by atoms with Crippen molar-refractivity contribution in [2.75, 3.05) is 0 Å². The summed E-state index contributed by atoms with van der Waals surface area (Å²) in [6.45, 7) is 2.14. The van der Waals surface area contributed by atoms with Gasteiger partial charge in [0.15, 0.2) is 0 Å². The lowest BCUT2D eigenvalue weighted by atomic mass is 9.89. The molecule has 1 aromatic carbocycles. The molecule has 1 aromatic rings. The zero-order valence-electron chi connectivity index (χ0n) is 15.2. The maximum atomic E-state index is 10.2. The summed E-state index contributed by atoms with van der Waals surface area (Å²) < 4.78 is 0. The van der Waals surface area contributed by atoms with E-state index in [4.69, 9.17) is 0 Å². The van der Waals surface area contributed by atoms with Gasteiger partial charge in [0.1, 0.15) is 0 Å². The smallest absolute Gasteiger partial charge is 0.0724 e. The second kappa shape index (κ2) is 10.5. The van der Waals surface area contributed by atoms with Crippen molar-refractivity contribution in [2.24, 2.45) is 11.8 Å². The van der Waals surface area contributed by atoms with E-state index in [0.29, 0.717) is 12.8 Å². The third kappa shape index (κ3) is 6.43. The summed E-state index contributed by atoms with van der Waals surface area (Å²) in [6, 6.07) is 10.1. The van der Waals surface area contributed by atoms with Crippen LogP contribution in [0.5, 0.6) is 0 Å². The Morgan fingerprint density at radius 2 is 1.88 bits per heavy atom. The summed E-state index contributed by atoms with van der Waals surface area (Å²) >= 11 is 0. The third-order valence-corrected chi connectivity index (χ3v) is 5.07. The normalized spacial score (nSPS) is 28.2. The molecule has 0 aromatic heterocycles. The summed E-state index contributed by atoms with van der Waals surface area (Å²) in [4.78, 5) is 0. The highest BCUT2D eigenvalue weighted by atomic mass is 16.3. The van der Waals surface area contributed by atoms with Crippen LogP contribution in [0.15, 0.2) is 54.6 Å². The van der Waals surface area contributed by atoms with E-state index in [0.717, 1.165) is 25.7 Å². The first-order chi connectivity index (χ1) is 12.1. The van der Waals surface area contributed by atoms with Crippen molar-refractivity contribution in [3.05, 3.63) is 60.2 Å². The van der Waals surface area contributed by atoms with E-state index in [2.05, 4.69) is 31.2 Å². The van der Waals surface area contributed by atoms with Gasteiger partial charge in [-0.1, -0.05) is 68.0 Å². The van der Waals surface area contributed by atoms with Crippen LogP contribution in [0.1, 0.15) is 44.6 Å². The van der Waals surface area contributed by atoms with E-state index in [-0.39, 0.29) is 11.8 Å². The summed E-state index contributed by atoms with van der Waals surface area (Å²) in [6.07, 6.45) is 11.3. The summed E-state index contributed by atoms with van der Waals surface area (Å²) in [7, 11) is 0.